The quantitative estimate of drug-likeness (QED) is 0.379. The fourth-order valence-corrected chi connectivity index (χ4v) is 4.22. The Labute approximate surface area is 198 Å². The van der Waals surface area contributed by atoms with Crippen LogP contribution in [0.3, 0.4) is 0 Å². The van der Waals surface area contributed by atoms with Crippen molar-refractivity contribution in [1.82, 2.24) is 4.90 Å². The molecule has 2 amide bonds. The van der Waals surface area contributed by atoms with Crippen molar-refractivity contribution in [2.75, 3.05) is 36.5 Å². The minimum absolute atomic E-state index is 0.0148. The molecule has 4 rings (SSSR count). The van der Waals surface area contributed by atoms with Crippen molar-refractivity contribution in [3.8, 4) is 0 Å². The predicted octanol–water partition coefficient (Wildman–Crippen LogP) is 4.34. The summed E-state index contributed by atoms with van der Waals surface area (Å²) in [6.07, 6.45) is 3.19. The molecule has 7 heteroatoms. The molecule has 0 spiro atoms. The van der Waals surface area contributed by atoms with Gasteiger partial charge in [-0.2, -0.15) is 0 Å². The summed E-state index contributed by atoms with van der Waals surface area (Å²) in [4.78, 5) is 27.3. The van der Waals surface area contributed by atoms with Crippen LogP contribution in [0.25, 0.3) is 6.08 Å². The maximum atomic E-state index is 13.5. The lowest BCUT2D eigenvalue weighted by molar-refractivity contribution is -0.119. The van der Waals surface area contributed by atoms with Crippen molar-refractivity contribution < 1.29 is 14.0 Å². The van der Waals surface area contributed by atoms with E-state index in [4.69, 9.17) is 5.73 Å². The number of halogens is 1. The van der Waals surface area contributed by atoms with Gasteiger partial charge in [-0.1, -0.05) is 42.5 Å². The van der Waals surface area contributed by atoms with Gasteiger partial charge < -0.3 is 21.3 Å². The van der Waals surface area contributed by atoms with E-state index in [1.165, 1.54) is 18.2 Å². The minimum Gasteiger partial charge on any atom is -0.397 e. The molecule has 4 N–H and O–H groups in total. The standard InChI is InChI=1S/C27H27FN4O2/c1-32-16-22(23(17-32)27(34)30-21-6-4-5-20(28)15-21)19-12-9-18(10-13-19)11-14-26(33)31-25-8-3-2-7-24(25)29/h2-15,22-23H,16-17,29H2,1H3,(H,30,34)(H,31,33)/b14-11+. The van der Waals surface area contributed by atoms with Crippen LogP contribution in [0.2, 0.25) is 0 Å². The monoisotopic (exact) mass is 458 g/mol. The molecule has 6 nitrogen and oxygen atoms in total. The Morgan fingerprint density at radius 2 is 1.76 bits per heavy atom. The lowest BCUT2D eigenvalue weighted by atomic mass is 9.88. The first-order chi connectivity index (χ1) is 16.4. The number of benzene rings is 3. The van der Waals surface area contributed by atoms with Gasteiger partial charge in [-0.15, -0.1) is 0 Å². The lowest BCUT2D eigenvalue weighted by Gasteiger charge is -2.19. The first-order valence-electron chi connectivity index (χ1n) is 11.1. The first kappa shape index (κ1) is 23.2. The predicted molar refractivity (Wildman–Crippen MR) is 134 cm³/mol. The number of anilines is 3. The van der Waals surface area contributed by atoms with Crippen molar-refractivity contribution in [2.45, 2.75) is 5.92 Å². The highest BCUT2D eigenvalue weighted by Gasteiger charge is 2.37. The van der Waals surface area contributed by atoms with Crippen LogP contribution in [0.5, 0.6) is 0 Å². The van der Waals surface area contributed by atoms with Gasteiger partial charge in [0.15, 0.2) is 0 Å². The van der Waals surface area contributed by atoms with Crippen LogP contribution < -0.4 is 16.4 Å². The Morgan fingerprint density at radius 1 is 1.00 bits per heavy atom. The average molecular weight is 459 g/mol. The second-order valence-corrected chi connectivity index (χ2v) is 8.51. The number of nitrogens with one attached hydrogen (secondary N) is 2. The van der Waals surface area contributed by atoms with E-state index in [2.05, 4.69) is 15.5 Å². The molecule has 2 atom stereocenters. The highest BCUT2D eigenvalue weighted by Crippen LogP contribution is 2.33. The molecule has 2 unspecified atom stereocenters. The Morgan fingerprint density at radius 3 is 2.50 bits per heavy atom. The number of carbonyl (C=O) groups excluding carboxylic acids is 2. The van der Waals surface area contributed by atoms with Crippen LogP contribution in [0.1, 0.15) is 17.0 Å². The van der Waals surface area contributed by atoms with Crippen molar-refractivity contribution in [3.63, 3.8) is 0 Å². The number of rotatable bonds is 6. The van der Waals surface area contributed by atoms with Gasteiger partial charge in [-0.3, -0.25) is 9.59 Å². The topological polar surface area (TPSA) is 87.5 Å². The molecule has 0 radical (unpaired) electrons. The zero-order chi connectivity index (χ0) is 24.1. The van der Waals surface area contributed by atoms with Gasteiger partial charge in [0.05, 0.1) is 17.3 Å². The highest BCUT2D eigenvalue weighted by atomic mass is 19.1. The average Bonchev–Trinajstić information content (AvgIpc) is 3.21. The van der Waals surface area contributed by atoms with E-state index in [1.807, 2.05) is 31.3 Å². The van der Waals surface area contributed by atoms with Gasteiger partial charge in [0.25, 0.3) is 0 Å². The fourth-order valence-electron chi connectivity index (χ4n) is 4.22. The van der Waals surface area contributed by atoms with E-state index in [0.717, 1.165) is 17.7 Å². The molecule has 3 aromatic carbocycles. The maximum Gasteiger partial charge on any atom is 0.248 e. The molecule has 0 saturated carbocycles. The molecule has 1 fully saturated rings. The maximum absolute atomic E-state index is 13.5. The van der Waals surface area contributed by atoms with E-state index >= 15 is 0 Å². The number of nitrogens with zero attached hydrogens (tertiary/aromatic N) is 1. The molecule has 1 saturated heterocycles. The number of hydrogen-bond donors (Lipinski definition) is 3. The van der Waals surface area contributed by atoms with Gasteiger partial charge in [0.2, 0.25) is 11.8 Å². The summed E-state index contributed by atoms with van der Waals surface area (Å²) in [5, 5.41) is 5.60. The van der Waals surface area contributed by atoms with Gasteiger partial charge >= 0.3 is 0 Å². The molecule has 3 aromatic rings. The van der Waals surface area contributed by atoms with E-state index in [-0.39, 0.29) is 29.5 Å². The summed E-state index contributed by atoms with van der Waals surface area (Å²) in [5.74, 6) is -1.02. The van der Waals surface area contributed by atoms with Gasteiger partial charge in [-0.25, -0.2) is 4.39 Å². The normalized spacial score (nSPS) is 18.2. The fraction of sp³-hybridized carbons (Fsp3) is 0.185. The molecule has 1 aliphatic heterocycles. The largest absolute Gasteiger partial charge is 0.397 e. The highest BCUT2D eigenvalue weighted by molar-refractivity contribution is 6.03. The third kappa shape index (κ3) is 5.68. The molecule has 174 valence electrons. The Bertz CT molecular complexity index is 1210. The molecular formula is C27H27FN4O2. The number of nitrogen functional groups attached to an aromatic ring is 1. The molecular weight excluding hydrogens is 431 g/mol. The Balaban J connectivity index is 1.41. The lowest BCUT2D eigenvalue weighted by Crippen LogP contribution is -2.28. The first-order valence-corrected chi connectivity index (χ1v) is 11.1. The molecule has 0 aromatic heterocycles. The van der Waals surface area contributed by atoms with Crippen molar-refractivity contribution in [3.05, 3.63) is 95.8 Å². The zero-order valence-corrected chi connectivity index (χ0v) is 18.9. The van der Waals surface area contributed by atoms with Crippen molar-refractivity contribution >= 4 is 35.0 Å². The van der Waals surface area contributed by atoms with Crippen molar-refractivity contribution in [1.29, 1.82) is 0 Å². The third-order valence-corrected chi connectivity index (χ3v) is 5.94. The van der Waals surface area contributed by atoms with Gasteiger partial charge in [0, 0.05) is 30.8 Å². The summed E-state index contributed by atoms with van der Waals surface area (Å²) >= 11 is 0. The molecule has 34 heavy (non-hydrogen) atoms. The Kier molecular flexibility index (Phi) is 7.04. The van der Waals surface area contributed by atoms with Crippen LogP contribution in [0.4, 0.5) is 21.5 Å². The van der Waals surface area contributed by atoms with E-state index in [1.54, 1.807) is 42.5 Å². The molecule has 0 bridgehead atoms. The van der Waals surface area contributed by atoms with Crippen LogP contribution in [-0.4, -0.2) is 36.9 Å². The number of para-hydroxylation sites is 2. The number of likely N-dealkylation sites (N-methyl/N-ethyl adjacent to an activating group) is 1. The number of likely N-dealkylation sites (tertiary alicyclic amines) is 1. The summed E-state index contributed by atoms with van der Waals surface area (Å²) < 4.78 is 13.5. The second-order valence-electron chi connectivity index (χ2n) is 8.51. The van der Waals surface area contributed by atoms with Gasteiger partial charge in [0.1, 0.15) is 5.82 Å². The molecule has 0 aliphatic carbocycles. The van der Waals surface area contributed by atoms with Crippen LogP contribution in [-0.2, 0) is 9.59 Å². The summed E-state index contributed by atoms with van der Waals surface area (Å²) in [7, 11) is 1.98. The Hall–Kier alpha value is -3.97. The molecule has 1 aliphatic rings. The zero-order valence-electron chi connectivity index (χ0n) is 18.9. The number of carbonyl (C=O) groups is 2. The number of nitrogens with two attached hydrogens (primary N) is 1. The summed E-state index contributed by atoms with van der Waals surface area (Å²) in [6.45, 7) is 1.37. The van der Waals surface area contributed by atoms with Crippen molar-refractivity contribution in [2.24, 2.45) is 5.92 Å². The molecule has 1 heterocycles. The van der Waals surface area contributed by atoms with Gasteiger partial charge in [-0.05, 0) is 54.6 Å². The number of amides is 2. The van der Waals surface area contributed by atoms with E-state index in [0.29, 0.717) is 23.6 Å². The summed E-state index contributed by atoms with van der Waals surface area (Å²) in [6, 6.07) is 20.8. The van der Waals surface area contributed by atoms with E-state index < -0.39 is 0 Å². The second kappa shape index (κ2) is 10.3. The van der Waals surface area contributed by atoms with Crippen LogP contribution in [0.15, 0.2) is 78.9 Å². The minimum atomic E-state index is -0.387. The van der Waals surface area contributed by atoms with Crippen LogP contribution in [0, 0.1) is 11.7 Å². The SMILES string of the molecule is CN1CC(C(=O)Nc2cccc(F)c2)C(c2ccc(/C=C/C(=O)Nc3ccccc3N)cc2)C1. The summed E-state index contributed by atoms with van der Waals surface area (Å²) in [5.41, 5.74) is 9.30. The smallest absolute Gasteiger partial charge is 0.248 e. The van der Waals surface area contributed by atoms with Crippen LogP contribution >= 0.6 is 0 Å². The number of hydrogen-bond acceptors (Lipinski definition) is 4. The van der Waals surface area contributed by atoms with E-state index in [9.17, 15) is 14.0 Å². The third-order valence-electron chi connectivity index (χ3n) is 5.94.